The van der Waals surface area contributed by atoms with Crippen molar-refractivity contribution in [1.29, 1.82) is 0 Å². The number of alkyl carbamates (subject to hydrolysis) is 1. The summed E-state index contributed by atoms with van der Waals surface area (Å²) in [6.45, 7) is 3.33. The van der Waals surface area contributed by atoms with Gasteiger partial charge in [0.15, 0.2) is 0 Å². The number of unbranched alkanes of at least 4 members (excludes halogenated alkanes) is 1. The third kappa shape index (κ3) is 10.9. The number of anilines is 1. The first-order chi connectivity index (χ1) is 21.0. The zero-order valence-corrected chi connectivity index (χ0v) is 24.7. The van der Waals surface area contributed by atoms with Crippen molar-refractivity contribution >= 4 is 17.9 Å². The second-order valence-electron chi connectivity index (χ2n) is 10.5. The molecule has 10 heteroatoms. The maximum absolute atomic E-state index is 13.3. The number of halogens is 1. The highest BCUT2D eigenvalue weighted by Crippen LogP contribution is 2.20. The standard InChI is InChI=1S/C33H41FN4O5/c1-41-32(39)30(37-33(40)43-24-25-8-3-2-4-9-25)18-21-38(22-23-42-29-16-13-27(34)14-17-29)20-6-5-11-28-15-12-26-10-7-19-35-31(26)36-28/h2-4,8-9,12-17,30H,5-7,10-11,18-24H2,1H3,(H,35,36)(H,37,40)/t30-/m0/s1. The Hall–Kier alpha value is -4.18. The molecule has 0 unspecified atom stereocenters. The first-order valence-corrected chi connectivity index (χ1v) is 14.9. The van der Waals surface area contributed by atoms with Crippen molar-refractivity contribution in [1.82, 2.24) is 15.2 Å². The highest BCUT2D eigenvalue weighted by atomic mass is 19.1. The van der Waals surface area contributed by atoms with Crippen LogP contribution in [0.2, 0.25) is 0 Å². The maximum atomic E-state index is 13.3. The summed E-state index contributed by atoms with van der Waals surface area (Å²) in [5, 5.41) is 6.04. The van der Waals surface area contributed by atoms with Gasteiger partial charge < -0.3 is 24.8 Å². The molecule has 43 heavy (non-hydrogen) atoms. The summed E-state index contributed by atoms with van der Waals surface area (Å²) in [6.07, 6.45) is 4.59. The van der Waals surface area contributed by atoms with E-state index < -0.39 is 18.1 Å². The van der Waals surface area contributed by atoms with Crippen molar-refractivity contribution in [3.8, 4) is 5.75 Å². The minimum Gasteiger partial charge on any atom is -0.492 e. The van der Waals surface area contributed by atoms with E-state index in [1.54, 1.807) is 12.1 Å². The number of benzene rings is 2. The number of hydrogen-bond donors (Lipinski definition) is 2. The van der Waals surface area contributed by atoms with Crippen molar-refractivity contribution in [3.05, 3.63) is 89.4 Å². The van der Waals surface area contributed by atoms with Crippen molar-refractivity contribution in [2.75, 3.05) is 45.2 Å². The lowest BCUT2D eigenvalue weighted by atomic mass is 10.1. The number of carbonyl (C=O) groups is 2. The number of fused-ring (bicyclic) bond motifs is 1. The fourth-order valence-corrected chi connectivity index (χ4v) is 4.92. The molecule has 4 rings (SSSR count). The van der Waals surface area contributed by atoms with Gasteiger partial charge in [-0.1, -0.05) is 36.4 Å². The Kier molecular flexibility index (Phi) is 12.6. The number of methoxy groups -OCH3 is 1. The average Bonchev–Trinajstić information content (AvgIpc) is 3.04. The summed E-state index contributed by atoms with van der Waals surface area (Å²) in [6, 6.07) is 18.7. The predicted octanol–water partition coefficient (Wildman–Crippen LogP) is 5.14. The summed E-state index contributed by atoms with van der Waals surface area (Å²) in [4.78, 5) is 32.0. The number of rotatable bonds is 16. The number of aromatic nitrogens is 1. The normalized spacial score (nSPS) is 13.0. The largest absolute Gasteiger partial charge is 0.492 e. The Labute approximate surface area is 252 Å². The van der Waals surface area contributed by atoms with E-state index in [0.717, 1.165) is 62.3 Å². The number of aryl methyl sites for hydroxylation is 2. The zero-order valence-electron chi connectivity index (χ0n) is 24.7. The summed E-state index contributed by atoms with van der Waals surface area (Å²) >= 11 is 0. The lowest BCUT2D eigenvalue weighted by Gasteiger charge is -2.25. The monoisotopic (exact) mass is 592 g/mol. The van der Waals surface area contributed by atoms with Crippen molar-refractivity contribution in [2.45, 2.75) is 51.2 Å². The predicted molar refractivity (Wildman–Crippen MR) is 163 cm³/mol. The minimum atomic E-state index is -0.860. The quantitative estimate of drug-likeness (QED) is 0.174. The van der Waals surface area contributed by atoms with Gasteiger partial charge in [-0.25, -0.2) is 19.0 Å². The van der Waals surface area contributed by atoms with E-state index >= 15 is 0 Å². The van der Waals surface area contributed by atoms with Crippen LogP contribution in [0, 0.1) is 5.82 Å². The summed E-state index contributed by atoms with van der Waals surface area (Å²) in [5.74, 6) is 0.740. The van der Waals surface area contributed by atoms with Crippen LogP contribution >= 0.6 is 0 Å². The molecule has 0 radical (unpaired) electrons. The number of pyridine rings is 1. The van der Waals surface area contributed by atoms with Gasteiger partial charge in [0.2, 0.25) is 0 Å². The molecule has 2 aromatic carbocycles. The van der Waals surface area contributed by atoms with E-state index in [9.17, 15) is 14.0 Å². The van der Waals surface area contributed by atoms with E-state index in [-0.39, 0.29) is 12.4 Å². The first kappa shape index (κ1) is 31.7. The van der Waals surface area contributed by atoms with E-state index in [2.05, 4.69) is 27.7 Å². The molecular weight excluding hydrogens is 551 g/mol. The van der Waals surface area contributed by atoms with Crippen LogP contribution < -0.4 is 15.4 Å². The highest BCUT2D eigenvalue weighted by Gasteiger charge is 2.23. The van der Waals surface area contributed by atoms with E-state index in [4.69, 9.17) is 19.2 Å². The highest BCUT2D eigenvalue weighted by molar-refractivity contribution is 5.81. The van der Waals surface area contributed by atoms with Crippen LogP contribution in [0.5, 0.6) is 5.75 Å². The Morgan fingerprint density at radius 2 is 1.84 bits per heavy atom. The van der Waals surface area contributed by atoms with Crippen LogP contribution in [0.3, 0.4) is 0 Å². The molecule has 0 aliphatic carbocycles. The molecule has 0 bridgehead atoms. The van der Waals surface area contributed by atoms with Gasteiger partial charge >= 0.3 is 12.1 Å². The summed E-state index contributed by atoms with van der Waals surface area (Å²) in [7, 11) is 1.30. The topological polar surface area (TPSA) is 102 Å². The van der Waals surface area contributed by atoms with Gasteiger partial charge in [0.05, 0.1) is 7.11 Å². The van der Waals surface area contributed by atoms with Crippen LogP contribution in [-0.4, -0.2) is 67.9 Å². The van der Waals surface area contributed by atoms with Crippen LogP contribution in [0.25, 0.3) is 0 Å². The fourth-order valence-electron chi connectivity index (χ4n) is 4.92. The molecule has 1 atom stereocenters. The van der Waals surface area contributed by atoms with Crippen molar-refractivity contribution in [3.63, 3.8) is 0 Å². The molecule has 2 N–H and O–H groups in total. The third-order valence-electron chi connectivity index (χ3n) is 7.32. The van der Waals surface area contributed by atoms with E-state index in [1.165, 1.54) is 24.8 Å². The molecule has 0 spiro atoms. The number of amides is 1. The SMILES string of the molecule is COC(=O)[C@H](CCN(CCCCc1ccc2c(n1)NCCC2)CCOc1ccc(F)cc1)NC(=O)OCc1ccccc1. The molecule has 1 aliphatic heterocycles. The van der Waals surface area contributed by atoms with Gasteiger partial charge in [0.25, 0.3) is 0 Å². The second-order valence-corrected chi connectivity index (χ2v) is 10.5. The zero-order chi connectivity index (χ0) is 30.3. The molecule has 3 aromatic rings. The minimum absolute atomic E-state index is 0.0998. The Bertz CT molecular complexity index is 1290. The molecule has 0 fully saturated rings. The van der Waals surface area contributed by atoms with Crippen molar-refractivity contribution < 1.29 is 28.2 Å². The van der Waals surface area contributed by atoms with Gasteiger partial charge in [0, 0.05) is 25.3 Å². The van der Waals surface area contributed by atoms with Gasteiger partial charge in [-0.15, -0.1) is 0 Å². The van der Waals surface area contributed by atoms with E-state index in [1.807, 2.05) is 30.3 Å². The number of esters is 1. The Balaban J connectivity index is 1.29. The van der Waals surface area contributed by atoms with Crippen molar-refractivity contribution in [2.24, 2.45) is 0 Å². The number of hydrogen-bond acceptors (Lipinski definition) is 8. The van der Waals surface area contributed by atoms with Gasteiger partial charge in [-0.05, 0) is 86.5 Å². The number of carbonyl (C=O) groups excluding carboxylic acids is 2. The average molecular weight is 593 g/mol. The van der Waals surface area contributed by atoms with Crippen LogP contribution in [0.15, 0.2) is 66.7 Å². The maximum Gasteiger partial charge on any atom is 0.408 e. The molecule has 0 saturated heterocycles. The fraction of sp³-hybridized carbons (Fsp3) is 0.424. The molecule has 1 aliphatic rings. The number of ether oxygens (including phenoxy) is 3. The summed E-state index contributed by atoms with van der Waals surface area (Å²) < 4.78 is 29.3. The van der Waals surface area contributed by atoms with Crippen LogP contribution in [0.4, 0.5) is 15.0 Å². The molecule has 230 valence electrons. The lowest BCUT2D eigenvalue weighted by Crippen LogP contribution is -2.44. The molecule has 2 heterocycles. The summed E-state index contributed by atoms with van der Waals surface area (Å²) in [5.41, 5.74) is 3.20. The molecule has 1 amide bonds. The molecule has 0 saturated carbocycles. The second kappa shape index (κ2) is 17.1. The van der Waals surface area contributed by atoms with Gasteiger partial charge in [-0.2, -0.15) is 0 Å². The lowest BCUT2D eigenvalue weighted by molar-refractivity contribution is -0.143. The van der Waals surface area contributed by atoms with Crippen LogP contribution in [-0.2, 0) is 33.7 Å². The first-order valence-electron chi connectivity index (χ1n) is 14.9. The van der Waals surface area contributed by atoms with E-state index in [0.29, 0.717) is 31.9 Å². The van der Waals surface area contributed by atoms with Crippen LogP contribution in [0.1, 0.15) is 42.5 Å². The molecule has 9 nitrogen and oxygen atoms in total. The van der Waals surface area contributed by atoms with Gasteiger partial charge in [0.1, 0.15) is 36.6 Å². The Morgan fingerprint density at radius 3 is 2.63 bits per heavy atom. The Morgan fingerprint density at radius 1 is 1.02 bits per heavy atom. The van der Waals surface area contributed by atoms with Gasteiger partial charge in [-0.3, -0.25) is 4.90 Å². The molecule has 1 aromatic heterocycles. The third-order valence-corrected chi connectivity index (χ3v) is 7.32. The molecular formula is C33H41FN4O5. The smallest absolute Gasteiger partial charge is 0.408 e. The number of nitrogens with zero attached hydrogens (tertiary/aromatic N) is 2. The number of nitrogens with one attached hydrogen (secondary N) is 2.